The van der Waals surface area contributed by atoms with Gasteiger partial charge in [0.15, 0.2) is 0 Å². The molecule has 0 aliphatic heterocycles. The van der Waals surface area contributed by atoms with Gasteiger partial charge in [-0.1, -0.05) is 34.5 Å². The zero-order valence-corrected chi connectivity index (χ0v) is 12.7. The summed E-state index contributed by atoms with van der Waals surface area (Å²) in [6.45, 7) is 2.13. The van der Waals surface area contributed by atoms with Gasteiger partial charge in [-0.25, -0.2) is 0 Å². The quantitative estimate of drug-likeness (QED) is 0.886. The molecule has 1 fully saturated rings. The summed E-state index contributed by atoms with van der Waals surface area (Å²) < 4.78 is 1.08. The van der Waals surface area contributed by atoms with E-state index in [4.69, 9.17) is 5.11 Å². The molecule has 0 bridgehead atoms. The molecule has 3 nitrogen and oxygen atoms in total. The third-order valence-corrected chi connectivity index (χ3v) is 4.41. The van der Waals surface area contributed by atoms with Gasteiger partial charge in [0.25, 0.3) is 0 Å². The van der Waals surface area contributed by atoms with E-state index < -0.39 is 5.97 Å². The zero-order valence-electron chi connectivity index (χ0n) is 11.1. The van der Waals surface area contributed by atoms with Crippen molar-refractivity contribution in [2.24, 2.45) is 5.92 Å². The highest BCUT2D eigenvalue weighted by Gasteiger charge is 2.27. The molecule has 0 aromatic heterocycles. The van der Waals surface area contributed by atoms with E-state index in [1.54, 1.807) is 0 Å². The van der Waals surface area contributed by atoms with Crippen LogP contribution in [0.2, 0.25) is 0 Å². The average Bonchev–Trinajstić information content (AvgIpc) is 2.39. The first-order valence-corrected chi connectivity index (χ1v) is 7.60. The SMILES string of the molecule is CC(NC1CCCC(C(=O)O)C1)c1ccc(Br)cc1. The molecule has 3 atom stereocenters. The van der Waals surface area contributed by atoms with E-state index in [1.165, 1.54) is 5.56 Å². The van der Waals surface area contributed by atoms with Crippen LogP contribution in [0.4, 0.5) is 0 Å². The second-order valence-electron chi connectivity index (χ2n) is 5.34. The zero-order chi connectivity index (χ0) is 13.8. The standard InChI is InChI=1S/C15H20BrNO2/c1-10(11-5-7-13(16)8-6-11)17-14-4-2-3-12(9-14)15(18)19/h5-8,10,12,14,17H,2-4,9H2,1H3,(H,18,19). The van der Waals surface area contributed by atoms with E-state index in [-0.39, 0.29) is 12.0 Å². The van der Waals surface area contributed by atoms with Gasteiger partial charge in [-0.05, 0) is 43.9 Å². The first-order chi connectivity index (χ1) is 9.06. The molecule has 1 aliphatic carbocycles. The number of rotatable bonds is 4. The minimum absolute atomic E-state index is 0.177. The molecular formula is C15H20BrNO2. The Kier molecular flexibility index (Phi) is 4.99. The second-order valence-corrected chi connectivity index (χ2v) is 6.25. The molecule has 1 aromatic rings. The van der Waals surface area contributed by atoms with Gasteiger partial charge in [-0.3, -0.25) is 4.79 Å². The van der Waals surface area contributed by atoms with E-state index in [1.807, 2.05) is 12.1 Å². The van der Waals surface area contributed by atoms with Crippen LogP contribution in [-0.2, 0) is 4.79 Å². The van der Waals surface area contributed by atoms with E-state index in [0.717, 1.165) is 30.2 Å². The van der Waals surface area contributed by atoms with Crippen molar-refractivity contribution in [1.82, 2.24) is 5.32 Å². The normalized spacial score (nSPS) is 24.9. The van der Waals surface area contributed by atoms with Crippen LogP contribution in [0.3, 0.4) is 0 Å². The third kappa shape index (κ3) is 4.05. The molecule has 1 saturated carbocycles. The Balaban J connectivity index is 1.93. The summed E-state index contributed by atoms with van der Waals surface area (Å²) in [6, 6.07) is 8.83. The molecule has 3 unspecified atom stereocenters. The van der Waals surface area contributed by atoms with E-state index in [2.05, 4.69) is 40.3 Å². The predicted molar refractivity (Wildman–Crippen MR) is 79.1 cm³/mol. The highest BCUT2D eigenvalue weighted by atomic mass is 79.9. The number of aliphatic carboxylic acids is 1. The number of carboxylic acid groups (broad SMARTS) is 1. The summed E-state index contributed by atoms with van der Waals surface area (Å²) in [4.78, 5) is 11.1. The van der Waals surface area contributed by atoms with Crippen LogP contribution < -0.4 is 5.32 Å². The van der Waals surface area contributed by atoms with Crippen molar-refractivity contribution < 1.29 is 9.90 Å². The van der Waals surface area contributed by atoms with Crippen LogP contribution in [-0.4, -0.2) is 17.1 Å². The van der Waals surface area contributed by atoms with Gasteiger partial charge in [0, 0.05) is 16.6 Å². The lowest BCUT2D eigenvalue weighted by Crippen LogP contribution is -2.37. The molecule has 0 radical (unpaired) electrons. The fourth-order valence-electron chi connectivity index (χ4n) is 2.77. The summed E-state index contributed by atoms with van der Waals surface area (Å²) >= 11 is 3.43. The minimum Gasteiger partial charge on any atom is -0.481 e. The maximum absolute atomic E-state index is 11.1. The first-order valence-electron chi connectivity index (χ1n) is 6.80. The van der Waals surface area contributed by atoms with Crippen molar-refractivity contribution in [3.05, 3.63) is 34.3 Å². The fourth-order valence-corrected chi connectivity index (χ4v) is 3.03. The summed E-state index contributed by atoms with van der Waals surface area (Å²) in [5, 5.41) is 12.7. The van der Waals surface area contributed by atoms with Crippen molar-refractivity contribution in [2.75, 3.05) is 0 Å². The van der Waals surface area contributed by atoms with Crippen molar-refractivity contribution >= 4 is 21.9 Å². The lowest BCUT2D eigenvalue weighted by Gasteiger charge is -2.30. The van der Waals surface area contributed by atoms with Gasteiger partial charge in [0.2, 0.25) is 0 Å². The number of hydrogen-bond acceptors (Lipinski definition) is 2. The van der Waals surface area contributed by atoms with Crippen molar-refractivity contribution in [3.8, 4) is 0 Å². The van der Waals surface area contributed by atoms with Gasteiger partial charge < -0.3 is 10.4 Å². The molecule has 19 heavy (non-hydrogen) atoms. The Morgan fingerprint density at radius 3 is 2.68 bits per heavy atom. The number of benzene rings is 1. The molecule has 2 N–H and O–H groups in total. The van der Waals surface area contributed by atoms with Crippen LogP contribution in [0.1, 0.15) is 44.2 Å². The molecular weight excluding hydrogens is 306 g/mol. The fraction of sp³-hybridized carbons (Fsp3) is 0.533. The molecule has 0 saturated heterocycles. The number of halogens is 1. The molecule has 1 aromatic carbocycles. The molecule has 4 heteroatoms. The van der Waals surface area contributed by atoms with Crippen LogP contribution in [0.25, 0.3) is 0 Å². The Bertz CT molecular complexity index is 432. The maximum Gasteiger partial charge on any atom is 0.306 e. The molecule has 104 valence electrons. The maximum atomic E-state index is 11.1. The average molecular weight is 326 g/mol. The summed E-state index contributed by atoms with van der Waals surface area (Å²) in [5.41, 5.74) is 1.24. The van der Waals surface area contributed by atoms with Crippen molar-refractivity contribution in [2.45, 2.75) is 44.7 Å². The molecule has 0 spiro atoms. The van der Waals surface area contributed by atoms with Crippen LogP contribution in [0.5, 0.6) is 0 Å². The van der Waals surface area contributed by atoms with E-state index >= 15 is 0 Å². The smallest absolute Gasteiger partial charge is 0.306 e. The van der Waals surface area contributed by atoms with Gasteiger partial charge in [0.05, 0.1) is 5.92 Å². The molecule has 0 heterocycles. The van der Waals surface area contributed by atoms with Crippen LogP contribution in [0, 0.1) is 5.92 Å². The largest absolute Gasteiger partial charge is 0.481 e. The Hall–Kier alpha value is -0.870. The lowest BCUT2D eigenvalue weighted by molar-refractivity contribution is -0.143. The topological polar surface area (TPSA) is 49.3 Å². The highest BCUT2D eigenvalue weighted by molar-refractivity contribution is 9.10. The number of nitrogens with one attached hydrogen (secondary N) is 1. The predicted octanol–water partition coefficient (Wildman–Crippen LogP) is 3.74. The molecule has 2 rings (SSSR count). The second kappa shape index (κ2) is 6.53. The van der Waals surface area contributed by atoms with E-state index in [9.17, 15) is 4.79 Å². The molecule has 1 aliphatic rings. The van der Waals surface area contributed by atoms with Crippen LogP contribution >= 0.6 is 15.9 Å². The van der Waals surface area contributed by atoms with Gasteiger partial charge >= 0.3 is 5.97 Å². The van der Waals surface area contributed by atoms with E-state index in [0.29, 0.717) is 6.04 Å². The van der Waals surface area contributed by atoms with Crippen molar-refractivity contribution in [1.29, 1.82) is 0 Å². The summed E-state index contributed by atoms with van der Waals surface area (Å²) in [6.07, 6.45) is 3.64. The van der Waals surface area contributed by atoms with Crippen molar-refractivity contribution in [3.63, 3.8) is 0 Å². The minimum atomic E-state index is -0.650. The Labute approximate surface area is 122 Å². The van der Waals surface area contributed by atoms with Gasteiger partial charge in [0.1, 0.15) is 0 Å². The first kappa shape index (κ1) is 14.5. The van der Waals surface area contributed by atoms with Gasteiger partial charge in [-0.15, -0.1) is 0 Å². The Morgan fingerprint density at radius 2 is 2.05 bits per heavy atom. The monoisotopic (exact) mass is 325 g/mol. The Morgan fingerprint density at radius 1 is 1.37 bits per heavy atom. The molecule has 0 amide bonds. The third-order valence-electron chi connectivity index (χ3n) is 3.88. The highest BCUT2D eigenvalue weighted by Crippen LogP contribution is 2.26. The van der Waals surface area contributed by atoms with Crippen LogP contribution in [0.15, 0.2) is 28.7 Å². The number of carboxylic acids is 1. The number of hydrogen-bond donors (Lipinski definition) is 2. The summed E-state index contributed by atoms with van der Waals surface area (Å²) in [5.74, 6) is -0.828. The number of carbonyl (C=O) groups is 1. The summed E-state index contributed by atoms with van der Waals surface area (Å²) in [7, 11) is 0. The lowest BCUT2D eigenvalue weighted by atomic mass is 9.85. The van der Waals surface area contributed by atoms with Gasteiger partial charge in [-0.2, -0.15) is 0 Å².